The lowest BCUT2D eigenvalue weighted by atomic mass is 10.2. The van der Waals surface area contributed by atoms with Gasteiger partial charge in [-0.15, -0.1) is 12.8 Å². The molecular weight excluding hydrogens is 162 g/mol. The number of hydrogen-bond donors (Lipinski definition) is 1. The Labute approximate surface area is 80.7 Å². The van der Waals surface area contributed by atoms with Crippen molar-refractivity contribution in [3.8, 4) is 12.8 Å². The molecule has 2 nitrogen and oxygen atoms in total. The lowest BCUT2D eigenvalue weighted by Gasteiger charge is -1.94. The number of allylic oxidation sites excluding steroid dienone is 3. The zero-order valence-electron chi connectivity index (χ0n) is 8.49. The zero-order valence-corrected chi connectivity index (χ0v) is 8.49. The van der Waals surface area contributed by atoms with Gasteiger partial charge in [-0.05, 0) is 31.1 Å². The van der Waals surface area contributed by atoms with Gasteiger partial charge in [0.2, 0.25) is 0 Å². The SMILES string of the molecule is C#C.C/C=C(O)\C=C(\C=NC)CC. The van der Waals surface area contributed by atoms with Gasteiger partial charge in [0.1, 0.15) is 5.76 Å². The Balaban J connectivity index is 0. The zero-order chi connectivity index (χ0) is 10.7. The maximum Gasteiger partial charge on any atom is 0.111 e. The highest BCUT2D eigenvalue weighted by Crippen LogP contribution is 2.01. The third-order valence-electron chi connectivity index (χ3n) is 1.33. The molecule has 2 heteroatoms. The molecule has 13 heavy (non-hydrogen) atoms. The summed E-state index contributed by atoms with van der Waals surface area (Å²) in [5, 5.41) is 9.11. The van der Waals surface area contributed by atoms with Gasteiger partial charge in [0.15, 0.2) is 0 Å². The summed E-state index contributed by atoms with van der Waals surface area (Å²) in [5.74, 6) is 0.293. The third-order valence-corrected chi connectivity index (χ3v) is 1.33. The van der Waals surface area contributed by atoms with Crippen LogP contribution in [0, 0.1) is 12.8 Å². The molecule has 0 fully saturated rings. The fourth-order valence-electron chi connectivity index (χ4n) is 0.670. The average molecular weight is 179 g/mol. The first kappa shape index (κ1) is 14.1. The van der Waals surface area contributed by atoms with E-state index in [4.69, 9.17) is 5.11 Å². The maximum atomic E-state index is 9.11. The Kier molecular flexibility index (Phi) is 11.4. The van der Waals surface area contributed by atoms with Crippen LogP contribution in [0.3, 0.4) is 0 Å². The van der Waals surface area contributed by atoms with E-state index in [1.165, 1.54) is 0 Å². The topological polar surface area (TPSA) is 32.6 Å². The van der Waals surface area contributed by atoms with Crippen LogP contribution < -0.4 is 0 Å². The average Bonchev–Trinajstić information content (AvgIpc) is 2.20. The Hall–Kier alpha value is -1.49. The summed E-state index contributed by atoms with van der Waals surface area (Å²) in [6.07, 6.45) is 14.0. The molecule has 1 N–H and O–H groups in total. The summed E-state index contributed by atoms with van der Waals surface area (Å²) in [6.45, 7) is 3.82. The molecule has 0 aliphatic carbocycles. The first-order chi connectivity index (χ1) is 6.24. The molecule has 0 saturated carbocycles. The van der Waals surface area contributed by atoms with E-state index < -0.39 is 0 Å². The number of terminal acetylenes is 1. The summed E-state index contributed by atoms with van der Waals surface area (Å²) in [5.41, 5.74) is 1.03. The van der Waals surface area contributed by atoms with Crippen molar-refractivity contribution in [3.63, 3.8) is 0 Å². The van der Waals surface area contributed by atoms with Gasteiger partial charge in [-0.1, -0.05) is 6.92 Å². The normalized spacial score (nSPS) is 12.4. The summed E-state index contributed by atoms with van der Waals surface area (Å²) in [6, 6.07) is 0. The first-order valence-corrected chi connectivity index (χ1v) is 4.06. The molecule has 0 aliphatic heterocycles. The molecule has 0 aromatic heterocycles. The highest BCUT2D eigenvalue weighted by atomic mass is 16.3. The Bertz CT molecular complexity index is 221. The van der Waals surface area contributed by atoms with Gasteiger partial charge in [-0.2, -0.15) is 0 Å². The van der Waals surface area contributed by atoms with Gasteiger partial charge in [0.25, 0.3) is 0 Å². The number of aliphatic hydroxyl groups excluding tert-OH is 1. The highest BCUT2D eigenvalue weighted by molar-refractivity contribution is 5.78. The minimum absolute atomic E-state index is 0.293. The van der Waals surface area contributed by atoms with E-state index in [0.29, 0.717) is 5.76 Å². The monoisotopic (exact) mass is 179 g/mol. The first-order valence-electron chi connectivity index (χ1n) is 4.06. The quantitative estimate of drug-likeness (QED) is 0.307. The van der Waals surface area contributed by atoms with Gasteiger partial charge in [0, 0.05) is 13.3 Å². The van der Waals surface area contributed by atoms with E-state index in [1.807, 2.05) is 6.92 Å². The summed E-state index contributed by atoms with van der Waals surface area (Å²) < 4.78 is 0. The van der Waals surface area contributed by atoms with Gasteiger partial charge >= 0.3 is 0 Å². The van der Waals surface area contributed by atoms with E-state index >= 15 is 0 Å². The van der Waals surface area contributed by atoms with Crippen molar-refractivity contribution in [2.45, 2.75) is 20.3 Å². The number of hydrogen-bond acceptors (Lipinski definition) is 2. The van der Waals surface area contributed by atoms with Crippen molar-refractivity contribution in [2.75, 3.05) is 7.05 Å². The molecule has 0 bridgehead atoms. The van der Waals surface area contributed by atoms with Crippen LogP contribution in [-0.2, 0) is 0 Å². The van der Waals surface area contributed by atoms with Crippen molar-refractivity contribution in [1.29, 1.82) is 0 Å². The van der Waals surface area contributed by atoms with Crippen LogP contribution in [0.4, 0.5) is 0 Å². The van der Waals surface area contributed by atoms with Crippen LogP contribution in [0.15, 0.2) is 28.5 Å². The fourth-order valence-corrected chi connectivity index (χ4v) is 0.670. The van der Waals surface area contributed by atoms with Crippen molar-refractivity contribution in [3.05, 3.63) is 23.5 Å². The second kappa shape index (κ2) is 10.5. The Morgan fingerprint density at radius 1 is 1.46 bits per heavy atom. The van der Waals surface area contributed by atoms with Crippen LogP contribution in [0.1, 0.15) is 20.3 Å². The van der Waals surface area contributed by atoms with E-state index in [9.17, 15) is 0 Å². The number of aliphatic imine (C=N–C) groups is 1. The van der Waals surface area contributed by atoms with Crippen LogP contribution in [0.25, 0.3) is 0 Å². The molecule has 0 heterocycles. The molecular formula is C11H17NO. The molecule has 0 aromatic rings. The minimum atomic E-state index is 0.293. The number of aliphatic hydroxyl groups is 1. The minimum Gasteiger partial charge on any atom is -0.508 e. The van der Waals surface area contributed by atoms with Crippen LogP contribution in [0.5, 0.6) is 0 Å². The van der Waals surface area contributed by atoms with Crippen molar-refractivity contribution in [2.24, 2.45) is 4.99 Å². The second-order valence-corrected chi connectivity index (χ2v) is 2.17. The lowest BCUT2D eigenvalue weighted by molar-refractivity contribution is 0.431. The largest absolute Gasteiger partial charge is 0.508 e. The van der Waals surface area contributed by atoms with Gasteiger partial charge in [-0.3, -0.25) is 4.99 Å². The van der Waals surface area contributed by atoms with Crippen LogP contribution >= 0.6 is 0 Å². The molecule has 72 valence electrons. The van der Waals surface area contributed by atoms with Crippen molar-refractivity contribution < 1.29 is 5.11 Å². The molecule has 0 aromatic carbocycles. The van der Waals surface area contributed by atoms with E-state index in [0.717, 1.165) is 12.0 Å². The molecule has 0 aliphatic rings. The predicted molar refractivity (Wildman–Crippen MR) is 59.1 cm³/mol. The second-order valence-electron chi connectivity index (χ2n) is 2.17. The Morgan fingerprint density at radius 3 is 2.31 bits per heavy atom. The fraction of sp³-hybridized carbons (Fsp3) is 0.364. The smallest absolute Gasteiger partial charge is 0.111 e. The molecule has 0 rings (SSSR count). The summed E-state index contributed by atoms with van der Waals surface area (Å²) in [4.78, 5) is 3.86. The summed E-state index contributed by atoms with van der Waals surface area (Å²) in [7, 11) is 1.72. The van der Waals surface area contributed by atoms with Gasteiger partial charge in [0.05, 0.1) is 0 Å². The molecule has 0 spiro atoms. The predicted octanol–water partition coefficient (Wildman–Crippen LogP) is 2.73. The standard InChI is InChI=1S/C9H15NO.C2H2/c1-4-8(7-10-3)6-9(11)5-2;1-2/h5-7,11H,4H2,1-3H3;1-2H/b8-6+,9-5+,10-7?;. The third kappa shape index (κ3) is 8.42. The molecule has 0 radical (unpaired) electrons. The highest BCUT2D eigenvalue weighted by Gasteiger charge is 1.89. The van der Waals surface area contributed by atoms with Crippen LogP contribution in [0.2, 0.25) is 0 Å². The lowest BCUT2D eigenvalue weighted by Crippen LogP contribution is -1.84. The Morgan fingerprint density at radius 2 is 2.00 bits per heavy atom. The number of nitrogens with zero attached hydrogens (tertiary/aromatic N) is 1. The van der Waals surface area contributed by atoms with Crippen molar-refractivity contribution >= 4 is 6.21 Å². The van der Waals surface area contributed by atoms with Crippen molar-refractivity contribution in [1.82, 2.24) is 0 Å². The van der Waals surface area contributed by atoms with Gasteiger partial charge < -0.3 is 5.11 Å². The molecule has 0 amide bonds. The molecule has 0 saturated heterocycles. The van der Waals surface area contributed by atoms with E-state index in [1.54, 1.807) is 32.3 Å². The number of rotatable bonds is 3. The summed E-state index contributed by atoms with van der Waals surface area (Å²) >= 11 is 0. The molecule has 0 unspecified atom stereocenters. The van der Waals surface area contributed by atoms with E-state index in [2.05, 4.69) is 17.8 Å². The maximum absolute atomic E-state index is 9.11. The van der Waals surface area contributed by atoms with Crippen LogP contribution in [-0.4, -0.2) is 18.4 Å². The molecule has 0 atom stereocenters. The van der Waals surface area contributed by atoms with Gasteiger partial charge in [-0.25, -0.2) is 0 Å². The van der Waals surface area contributed by atoms with E-state index in [-0.39, 0.29) is 0 Å².